The number of hydrogen-bond donors (Lipinski definition) is 2. The van der Waals surface area contributed by atoms with Crippen molar-refractivity contribution in [2.75, 3.05) is 13.1 Å². The average Bonchev–Trinajstić information content (AvgIpc) is 3.32. The highest BCUT2D eigenvalue weighted by Gasteiger charge is 2.58. The number of aliphatic carboxylic acids is 1. The van der Waals surface area contributed by atoms with Crippen molar-refractivity contribution in [2.24, 2.45) is 5.41 Å². The van der Waals surface area contributed by atoms with Gasteiger partial charge in [-0.25, -0.2) is 0 Å². The molecular formula is C19H22N2O3. The Labute approximate surface area is 140 Å². The molecule has 5 heteroatoms. The average molecular weight is 326 g/mol. The highest BCUT2D eigenvalue weighted by Crippen LogP contribution is 2.48. The summed E-state index contributed by atoms with van der Waals surface area (Å²) < 4.78 is 0. The molecule has 1 amide bonds. The Bertz CT molecular complexity index is 811. The lowest BCUT2D eigenvalue weighted by Gasteiger charge is -2.34. The van der Waals surface area contributed by atoms with E-state index in [2.05, 4.69) is 30.1 Å². The van der Waals surface area contributed by atoms with Crippen LogP contribution in [0.2, 0.25) is 0 Å². The molecule has 1 aromatic carbocycles. The third-order valence-corrected chi connectivity index (χ3v) is 5.70. The Balaban J connectivity index is 1.51. The number of carboxylic acid groups (broad SMARTS) is 1. The molecule has 2 aliphatic rings. The summed E-state index contributed by atoms with van der Waals surface area (Å²) in [5.74, 6) is -0.712. The molecule has 2 aromatic rings. The van der Waals surface area contributed by atoms with Crippen LogP contribution in [0.25, 0.3) is 10.9 Å². The molecule has 24 heavy (non-hydrogen) atoms. The highest BCUT2D eigenvalue weighted by atomic mass is 16.4. The maximum absolute atomic E-state index is 12.5. The second-order valence-corrected chi connectivity index (χ2v) is 7.16. The predicted molar refractivity (Wildman–Crippen MR) is 90.9 cm³/mol. The zero-order chi connectivity index (χ0) is 16.9. The Morgan fingerprint density at radius 1 is 1.21 bits per heavy atom. The van der Waals surface area contributed by atoms with Crippen molar-refractivity contribution < 1.29 is 14.7 Å². The summed E-state index contributed by atoms with van der Waals surface area (Å²) in [5, 5.41) is 10.6. The molecule has 1 saturated carbocycles. The third kappa shape index (κ3) is 2.22. The number of fused-ring (bicyclic) bond motifs is 1. The molecule has 1 aliphatic carbocycles. The fourth-order valence-corrected chi connectivity index (χ4v) is 4.14. The number of para-hydroxylation sites is 1. The van der Waals surface area contributed by atoms with Crippen molar-refractivity contribution in [1.29, 1.82) is 0 Å². The highest BCUT2D eigenvalue weighted by molar-refractivity contribution is 6.04. The number of nitrogens with one attached hydrogen (secondary N) is 1. The SMILES string of the molecule is Cc1[nH]c2ccccc2c1C1CCN(C(=O)C2(C(=O)O)CC2)CC1. The van der Waals surface area contributed by atoms with E-state index in [4.69, 9.17) is 0 Å². The number of likely N-dealkylation sites (tertiary alicyclic amines) is 1. The van der Waals surface area contributed by atoms with Gasteiger partial charge in [0, 0.05) is 29.7 Å². The zero-order valence-electron chi connectivity index (χ0n) is 13.8. The quantitative estimate of drug-likeness (QED) is 0.852. The van der Waals surface area contributed by atoms with Gasteiger partial charge in [0.25, 0.3) is 0 Å². The van der Waals surface area contributed by atoms with Gasteiger partial charge in [0.05, 0.1) is 0 Å². The van der Waals surface area contributed by atoms with Crippen LogP contribution in [0, 0.1) is 12.3 Å². The number of nitrogens with zero attached hydrogens (tertiary/aromatic N) is 1. The van der Waals surface area contributed by atoms with Crippen molar-refractivity contribution in [3.05, 3.63) is 35.5 Å². The zero-order valence-corrected chi connectivity index (χ0v) is 13.8. The van der Waals surface area contributed by atoms with Gasteiger partial charge in [0.1, 0.15) is 5.41 Å². The topological polar surface area (TPSA) is 73.4 Å². The Hall–Kier alpha value is -2.30. The van der Waals surface area contributed by atoms with Crippen molar-refractivity contribution in [3.63, 3.8) is 0 Å². The Morgan fingerprint density at radius 3 is 2.50 bits per heavy atom. The lowest BCUT2D eigenvalue weighted by molar-refractivity contribution is -0.153. The summed E-state index contributed by atoms with van der Waals surface area (Å²) in [6.45, 7) is 3.41. The summed E-state index contributed by atoms with van der Waals surface area (Å²) in [6, 6.07) is 8.33. The molecule has 0 atom stereocenters. The van der Waals surface area contributed by atoms with Crippen molar-refractivity contribution in [2.45, 2.75) is 38.5 Å². The van der Waals surface area contributed by atoms with Gasteiger partial charge in [-0.05, 0) is 50.2 Å². The number of rotatable bonds is 3. The number of aryl methyl sites for hydroxylation is 1. The normalized spacial score (nSPS) is 20.3. The van der Waals surface area contributed by atoms with Gasteiger partial charge in [0.15, 0.2) is 0 Å². The molecule has 4 rings (SSSR count). The minimum atomic E-state index is -1.11. The molecule has 1 aromatic heterocycles. The lowest BCUT2D eigenvalue weighted by Crippen LogP contribution is -2.44. The van der Waals surface area contributed by atoms with E-state index in [1.54, 1.807) is 4.90 Å². The van der Waals surface area contributed by atoms with Crippen LogP contribution in [0.1, 0.15) is 42.9 Å². The summed E-state index contributed by atoms with van der Waals surface area (Å²) >= 11 is 0. The first-order chi connectivity index (χ1) is 11.5. The molecule has 2 N–H and O–H groups in total. The lowest BCUT2D eigenvalue weighted by atomic mass is 9.87. The van der Waals surface area contributed by atoms with E-state index in [1.807, 2.05) is 6.07 Å². The first kappa shape index (κ1) is 15.2. The number of piperidine rings is 1. The number of carboxylic acids is 1. The molecule has 126 valence electrons. The smallest absolute Gasteiger partial charge is 0.319 e. The van der Waals surface area contributed by atoms with Gasteiger partial charge in [-0.2, -0.15) is 0 Å². The van der Waals surface area contributed by atoms with Crippen LogP contribution in [0.5, 0.6) is 0 Å². The number of aromatic nitrogens is 1. The second-order valence-electron chi connectivity index (χ2n) is 7.16. The third-order valence-electron chi connectivity index (χ3n) is 5.70. The molecule has 0 radical (unpaired) electrons. The molecule has 0 unspecified atom stereocenters. The maximum atomic E-state index is 12.5. The van der Waals surface area contributed by atoms with E-state index in [0.717, 1.165) is 18.4 Å². The van der Waals surface area contributed by atoms with Crippen LogP contribution in [0.15, 0.2) is 24.3 Å². The van der Waals surface area contributed by atoms with E-state index >= 15 is 0 Å². The van der Waals surface area contributed by atoms with Crippen molar-refractivity contribution >= 4 is 22.8 Å². The number of hydrogen-bond acceptors (Lipinski definition) is 2. The van der Waals surface area contributed by atoms with Gasteiger partial charge < -0.3 is 15.0 Å². The second kappa shape index (κ2) is 5.36. The minimum Gasteiger partial charge on any atom is -0.480 e. The summed E-state index contributed by atoms with van der Waals surface area (Å²) in [7, 11) is 0. The summed E-state index contributed by atoms with van der Waals surface area (Å²) in [5.41, 5.74) is 2.61. The Morgan fingerprint density at radius 2 is 1.88 bits per heavy atom. The number of carbonyl (C=O) groups excluding carboxylic acids is 1. The van der Waals surface area contributed by atoms with E-state index in [-0.39, 0.29) is 5.91 Å². The fourth-order valence-electron chi connectivity index (χ4n) is 4.14. The van der Waals surface area contributed by atoms with Crippen LogP contribution in [0.4, 0.5) is 0 Å². The summed E-state index contributed by atoms with van der Waals surface area (Å²) in [4.78, 5) is 29.1. The molecular weight excluding hydrogens is 304 g/mol. The monoisotopic (exact) mass is 326 g/mol. The van der Waals surface area contributed by atoms with Crippen LogP contribution in [-0.2, 0) is 9.59 Å². The standard InChI is InChI=1S/C19H22N2O3/c1-12-16(14-4-2-3-5-15(14)20-12)13-6-10-21(11-7-13)17(22)19(8-9-19)18(23)24/h2-5,13,20H,6-11H2,1H3,(H,23,24). The van der Waals surface area contributed by atoms with E-state index in [9.17, 15) is 14.7 Å². The molecule has 1 saturated heterocycles. The number of benzene rings is 1. The van der Waals surface area contributed by atoms with E-state index in [0.29, 0.717) is 31.8 Å². The van der Waals surface area contributed by atoms with Crippen molar-refractivity contribution in [1.82, 2.24) is 9.88 Å². The predicted octanol–water partition coefficient (Wildman–Crippen LogP) is 3.05. The number of carbonyl (C=O) groups is 2. The van der Waals surface area contributed by atoms with Crippen LogP contribution in [0.3, 0.4) is 0 Å². The molecule has 0 spiro atoms. The van der Waals surface area contributed by atoms with Gasteiger partial charge >= 0.3 is 5.97 Å². The van der Waals surface area contributed by atoms with Crippen molar-refractivity contribution in [3.8, 4) is 0 Å². The van der Waals surface area contributed by atoms with Crippen LogP contribution >= 0.6 is 0 Å². The molecule has 2 heterocycles. The molecule has 5 nitrogen and oxygen atoms in total. The van der Waals surface area contributed by atoms with Gasteiger partial charge in [0.2, 0.25) is 5.91 Å². The minimum absolute atomic E-state index is 0.177. The Kier molecular flexibility index (Phi) is 3.41. The van der Waals surface area contributed by atoms with Crippen LogP contribution in [-0.4, -0.2) is 40.0 Å². The van der Waals surface area contributed by atoms with Crippen LogP contribution < -0.4 is 0 Å². The molecule has 2 fully saturated rings. The first-order valence-electron chi connectivity index (χ1n) is 8.63. The van der Waals surface area contributed by atoms with E-state index < -0.39 is 11.4 Å². The fraction of sp³-hybridized carbons (Fsp3) is 0.474. The number of amides is 1. The molecule has 1 aliphatic heterocycles. The van der Waals surface area contributed by atoms with Gasteiger partial charge in [-0.1, -0.05) is 18.2 Å². The van der Waals surface area contributed by atoms with Gasteiger partial charge in [-0.15, -0.1) is 0 Å². The number of H-pyrrole nitrogens is 1. The summed E-state index contributed by atoms with van der Waals surface area (Å²) in [6.07, 6.45) is 2.76. The number of aromatic amines is 1. The van der Waals surface area contributed by atoms with E-state index in [1.165, 1.54) is 16.6 Å². The van der Waals surface area contributed by atoms with Gasteiger partial charge in [-0.3, -0.25) is 9.59 Å². The largest absolute Gasteiger partial charge is 0.480 e. The molecule has 0 bridgehead atoms. The first-order valence-corrected chi connectivity index (χ1v) is 8.63. The maximum Gasteiger partial charge on any atom is 0.319 e.